The Hall–Kier alpha value is -2.96. The molecular weight excluding hydrogens is 281 g/mol. The van der Waals surface area contributed by atoms with Gasteiger partial charge in [0, 0.05) is 11.8 Å². The summed E-state index contributed by atoms with van der Waals surface area (Å²) in [6.45, 7) is 0. The van der Waals surface area contributed by atoms with Gasteiger partial charge in [-0.05, 0) is 29.8 Å². The van der Waals surface area contributed by atoms with Crippen LogP contribution in [0, 0.1) is 5.82 Å². The third-order valence-electron chi connectivity index (χ3n) is 2.75. The molecule has 0 radical (unpaired) electrons. The number of aromatic carboxylic acids is 2. The van der Waals surface area contributed by atoms with E-state index in [1.807, 2.05) is 0 Å². The van der Waals surface area contributed by atoms with Crippen LogP contribution in [0.2, 0.25) is 0 Å². The molecule has 0 saturated heterocycles. The second-order valence-electron chi connectivity index (χ2n) is 4.12. The zero-order chi connectivity index (χ0) is 15.6. The second-order valence-corrected chi connectivity index (χ2v) is 4.12. The topological polar surface area (TPSA) is 96.7 Å². The number of carboxylic acid groups (broad SMARTS) is 2. The maximum atomic E-state index is 13.5. The molecule has 7 heteroatoms. The van der Waals surface area contributed by atoms with Crippen LogP contribution < -0.4 is 4.74 Å². The highest BCUT2D eigenvalue weighted by molar-refractivity contribution is 5.93. The van der Waals surface area contributed by atoms with Crippen LogP contribution in [0.4, 0.5) is 4.39 Å². The van der Waals surface area contributed by atoms with Gasteiger partial charge >= 0.3 is 11.9 Å². The molecular formula is C14H10FNO5. The molecule has 0 fully saturated rings. The number of nitrogens with zero attached hydrogens (tertiary/aromatic N) is 1. The first kappa shape index (κ1) is 14.4. The normalized spacial score (nSPS) is 10.2. The van der Waals surface area contributed by atoms with Crippen molar-refractivity contribution in [2.75, 3.05) is 7.11 Å². The van der Waals surface area contributed by atoms with Gasteiger partial charge in [-0.2, -0.15) is 0 Å². The maximum Gasteiger partial charge on any atom is 0.341 e. The molecule has 0 saturated carbocycles. The fourth-order valence-corrected chi connectivity index (χ4v) is 1.81. The lowest BCUT2D eigenvalue weighted by Crippen LogP contribution is -2.03. The summed E-state index contributed by atoms with van der Waals surface area (Å²) >= 11 is 0. The molecule has 6 nitrogen and oxygen atoms in total. The number of aromatic nitrogens is 1. The number of halogens is 1. The molecule has 0 atom stereocenters. The van der Waals surface area contributed by atoms with Gasteiger partial charge in [0.05, 0.1) is 12.7 Å². The minimum atomic E-state index is -1.28. The van der Waals surface area contributed by atoms with Crippen LogP contribution in [0.3, 0.4) is 0 Å². The largest absolute Gasteiger partial charge is 0.480 e. The molecule has 0 amide bonds. The number of carboxylic acids is 2. The number of pyridine rings is 1. The average molecular weight is 291 g/mol. The molecule has 0 unspecified atom stereocenters. The van der Waals surface area contributed by atoms with Crippen molar-refractivity contribution in [3.63, 3.8) is 0 Å². The van der Waals surface area contributed by atoms with Crippen molar-refractivity contribution >= 4 is 11.9 Å². The highest BCUT2D eigenvalue weighted by atomic mass is 19.1. The Kier molecular flexibility index (Phi) is 3.84. The van der Waals surface area contributed by atoms with E-state index in [9.17, 15) is 14.0 Å². The molecule has 1 heterocycles. The van der Waals surface area contributed by atoms with Gasteiger partial charge in [-0.1, -0.05) is 0 Å². The molecule has 0 spiro atoms. The number of hydrogen-bond acceptors (Lipinski definition) is 4. The molecule has 0 aliphatic carbocycles. The number of benzene rings is 1. The molecule has 2 aromatic rings. The van der Waals surface area contributed by atoms with Crippen molar-refractivity contribution in [3.05, 3.63) is 47.4 Å². The average Bonchev–Trinajstić information content (AvgIpc) is 2.45. The molecule has 0 aliphatic heterocycles. The predicted molar refractivity (Wildman–Crippen MR) is 70.1 cm³/mol. The summed E-state index contributed by atoms with van der Waals surface area (Å²) in [5.74, 6) is -3.36. The van der Waals surface area contributed by atoms with E-state index in [1.54, 1.807) is 0 Å². The number of methoxy groups -OCH3 is 1. The quantitative estimate of drug-likeness (QED) is 0.897. The Morgan fingerprint density at radius 3 is 2.38 bits per heavy atom. The van der Waals surface area contributed by atoms with E-state index in [0.717, 1.165) is 12.1 Å². The third kappa shape index (κ3) is 2.97. The fourth-order valence-electron chi connectivity index (χ4n) is 1.81. The monoisotopic (exact) mass is 291 g/mol. The molecule has 2 rings (SSSR count). The van der Waals surface area contributed by atoms with Crippen molar-refractivity contribution in [2.24, 2.45) is 0 Å². The Balaban J connectivity index is 2.59. The zero-order valence-corrected chi connectivity index (χ0v) is 10.8. The van der Waals surface area contributed by atoms with E-state index in [4.69, 9.17) is 14.9 Å². The fraction of sp³-hybridized carbons (Fsp3) is 0.0714. The summed E-state index contributed by atoms with van der Waals surface area (Å²) in [6, 6.07) is 4.46. The van der Waals surface area contributed by atoms with E-state index in [-0.39, 0.29) is 28.1 Å². The molecule has 108 valence electrons. The van der Waals surface area contributed by atoms with Crippen LogP contribution in [0.15, 0.2) is 30.5 Å². The summed E-state index contributed by atoms with van der Waals surface area (Å²) in [4.78, 5) is 25.9. The van der Waals surface area contributed by atoms with Crippen LogP contribution in [0.1, 0.15) is 20.7 Å². The minimum Gasteiger partial charge on any atom is -0.480 e. The lowest BCUT2D eigenvalue weighted by molar-refractivity contribution is 0.0683. The second kappa shape index (κ2) is 5.58. The Labute approximate surface area is 118 Å². The van der Waals surface area contributed by atoms with Gasteiger partial charge in [0.15, 0.2) is 0 Å². The van der Waals surface area contributed by atoms with E-state index in [0.29, 0.717) is 0 Å². The highest BCUT2D eigenvalue weighted by Crippen LogP contribution is 2.26. The van der Waals surface area contributed by atoms with Crippen LogP contribution in [0.25, 0.3) is 11.1 Å². The lowest BCUT2D eigenvalue weighted by Gasteiger charge is -2.08. The molecule has 1 aromatic carbocycles. The SMILES string of the molecule is COc1ncc(-c2cc(F)cc(C(=O)O)c2)cc1C(=O)O. The highest BCUT2D eigenvalue weighted by Gasteiger charge is 2.15. The summed E-state index contributed by atoms with van der Waals surface area (Å²) < 4.78 is 18.3. The van der Waals surface area contributed by atoms with Gasteiger partial charge in [-0.15, -0.1) is 0 Å². The minimum absolute atomic E-state index is 0.0823. The molecule has 0 aliphatic rings. The first-order valence-electron chi connectivity index (χ1n) is 5.74. The molecule has 21 heavy (non-hydrogen) atoms. The van der Waals surface area contributed by atoms with Crippen molar-refractivity contribution in [3.8, 4) is 17.0 Å². The lowest BCUT2D eigenvalue weighted by atomic mass is 10.0. The van der Waals surface area contributed by atoms with Gasteiger partial charge < -0.3 is 14.9 Å². The van der Waals surface area contributed by atoms with Gasteiger partial charge in [0.25, 0.3) is 0 Å². The summed E-state index contributed by atoms with van der Waals surface area (Å²) in [6.07, 6.45) is 1.28. The van der Waals surface area contributed by atoms with Crippen LogP contribution in [-0.4, -0.2) is 34.2 Å². The van der Waals surface area contributed by atoms with Crippen molar-refractivity contribution < 1.29 is 28.9 Å². The van der Waals surface area contributed by atoms with E-state index >= 15 is 0 Å². The molecule has 1 aromatic heterocycles. The Morgan fingerprint density at radius 1 is 1.10 bits per heavy atom. The molecule has 0 bridgehead atoms. The van der Waals surface area contributed by atoms with Crippen molar-refractivity contribution in [1.29, 1.82) is 0 Å². The Bertz CT molecular complexity index is 729. The maximum absolute atomic E-state index is 13.5. The van der Waals surface area contributed by atoms with Gasteiger partial charge in [-0.25, -0.2) is 19.0 Å². The number of hydrogen-bond donors (Lipinski definition) is 2. The van der Waals surface area contributed by atoms with E-state index in [2.05, 4.69) is 4.98 Å². The van der Waals surface area contributed by atoms with Crippen LogP contribution in [-0.2, 0) is 0 Å². The van der Waals surface area contributed by atoms with Gasteiger partial charge in [-0.3, -0.25) is 0 Å². The van der Waals surface area contributed by atoms with Gasteiger partial charge in [0.1, 0.15) is 11.4 Å². The summed E-state index contributed by atoms with van der Waals surface area (Å²) in [5.41, 5.74) is 0.0501. The third-order valence-corrected chi connectivity index (χ3v) is 2.75. The number of carbonyl (C=O) groups is 2. The van der Waals surface area contributed by atoms with Crippen molar-refractivity contribution in [1.82, 2.24) is 4.98 Å². The summed E-state index contributed by atoms with van der Waals surface area (Å²) in [7, 11) is 1.28. The number of rotatable bonds is 4. The first-order valence-corrected chi connectivity index (χ1v) is 5.74. The van der Waals surface area contributed by atoms with Crippen LogP contribution >= 0.6 is 0 Å². The van der Waals surface area contributed by atoms with Crippen molar-refractivity contribution in [2.45, 2.75) is 0 Å². The van der Waals surface area contributed by atoms with Gasteiger partial charge in [0.2, 0.25) is 5.88 Å². The Morgan fingerprint density at radius 2 is 1.81 bits per heavy atom. The summed E-state index contributed by atoms with van der Waals surface area (Å²) in [5, 5.41) is 18.0. The first-order chi connectivity index (χ1) is 9.92. The van der Waals surface area contributed by atoms with E-state index in [1.165, 1.54) is 25.4 Å². The van der Waals surface area contributed by atoms with E-state index < -0.39 is 17.8 Å². The van der Waals surface area contributed by atoms with Crippen LogP contribution in [0.5, 0.6) is 5.88 Å². The standard InChI is InChI=1S/C14H10FNO5/c1-21-12-11(14(19)20)5-9(6-16-12)7-2-8(13(17)18)4-10(15)3-7/h2-6H,1H3,(H,17,18)(H,19,20). The zero-order valence-electron chi connectivity index (χ0n) is 10.8. The smallest absolute Gasteiger partial charge is 0.341 e. The molecule has 2 N–H and O–H groups in total. The predicted octanol–water partition coefficient (Wildman–Crippen LogP) is 2.29. The number of ether oxygens (including phenoxy) is 1.